The first-order chi connectivity index (χ1) is 14.0. The number of nitrogens with zero attached hydrogens (tertiary/aromatic N) is 3. The minimum absolute atomic E-state index is 0.0574. The average Bonchev–Trinajstić information content (AvgIpc) is 3.14. The van der Waals surface area contributed by atoms with Crippen LogP contribution < -0.4 is 5.73 Å². The number of carbonyl (C=O) groups excluding carboxylic acids is 1. The maximum atomic E-state index is 11.7. The molecule has 150 valence electrons. The zero-order valence-corrected chi connectivity index (χ0v) is 17.1. The fourth-order valence-electron chi connectivity index (χ4n) is 4.13. The SMILES string of the molecule is Cc1ccc(C)c(-n2cc(CN3CCC[C@H](C(N)=O)C3)c(-c3ccccc3)n2)c1. The highest BCUT2D eigenvalue weighted by atomic mass is 16.1. The van der Waals surface area contributed by atoms with Crippen LogP contribution in [0.25, 0.3) is 16.9 Å². The minimum atomic E-state index is -0.191. The Morgan fingerprint density at radius 2 is 1.97 bits per heavy atom. The second kappa shape index (κ2) is 8.21. The summed E-state index contributed by atoms with van der Waals surface area (Å²) in [6.45, 7) is 6.67. The molecular weight excluding hydrogens is 360 g/mol. The van der Waals surface area contributed by atoms with Crippen molar-refractivity contribution in [1.82, 2.24) is 14.7 Å². The summed E-state index contributed by atoms with van der Waals surface area (Å²) >= 11 is 0. The highest BCUT2D eigenvalue weighted by Crippen LogP contribution is 2.27. The molecule has 0 saturated carbocycles. The van der Waals surface area contributed by atoms with E-state index in [4.69, 9.17) is 10.8 Å². The van der Waals surface area contributed by atoms with Gasteiger partial charge in [-0.1, -0.05) is 42.5 Å². The molecule has 1 aromatic heterocycles. The van der Waals surface area contributed by atoms with Crippen molar-refractivity contribution in [2.75, 3.05) is 13.1 Å². The Morgan fingerprint density at radius 1 is 1.17 bits per heavy atom. The highest BCUT2D eigenvalue weighted by Gasteiger charge is 2.25. The molecule has 0 aliphatic carbocycles. The van der Waals surface area contributed by atoms with Crippen LogP contribution in [-0.2, 0) is 11.3 Å². The van der Waals surface area contributed by atoms with Crippen LogP contribution in [0.15, 0.2) is 54.7 Å². The summed E-state index contributed by atoms with van der Waals surface area (Å²) in [7, 11) is 0. The van der Waals surface area contributed by atoms with Crippen LogP contribution >= 0.6 is 0 Å². The fraction of sp³-hybridized carbons (Fsp3) is 0.333. The van der Waals surface area contributed by atoms with Gasteiger partial charge >= 0.3 is 0 Å². The Kier molecular flexibility index (Phi) is 5.49. The van der Waals surface area contributed by atoms with Crippen LogP contribution in [-0.4, -0.2) is 33.7 Å². The number of aromatic nitrogens is 2. The van der Waals surface area contributed by atoms with Gasteiger partial charge in [0.2, 0.25) is 5.91 Å². The molecule has 5 heteroatoms. The minimum Gasteiger partial charge on any atom is -0.369 e. The first-order valence-electron chi connectivity index (χ1n) is 10.2. The molecule has 1 amide bonds. The van der Waals surface area contributed by atoms with Gasteiger partial charge < -0.3 is 5.73 Å². The second-order valence-electron chi connectivity index (χ2n) is 8.08. The van der Waals surface area contributed by atoms with E-state index < -0.39 is 0 Å². The van der Waals surface area contributed by atoms with Gasteiger partial charge in [0, 0.05) is 30.4 Å². The molecule has 1 aliphatic rings. The van der Waals surface area contributed by atoms with Crippen molar-refractivity contribution in [2.45, 2.75) is 33.2 Å². The summed E-state index contributed by atoms with van der Waals surface area (Å²) in [4.78, 5) is 14.0. The number of hydrogen-bond acceptors (Lipinski definition) is 3. The molecule has 29 heavy (non-hydrogen) atoms. The van der Waals surface area contributed by atoms with E-state index >= 15 is 0 Å². The predicted octanol–water partition coefficient (Wildman–Crippen LogP) is 3.85. The van der Waals surface area contributed by atoms with E-state index in [0.717, 1.165) is 49.4 Å². The van der Waals surface area contributed by atoms with E-state index in [-0.39, 0.29) is 11.8 Å². The molecule has 5 nitrogen and oxygen atoms in total. The standard InChI is InChI=1S/C24H28N4O/c1-17-10-11-18(2)22(13-17)28-16-21(23(26-28)19-7-4-3-5-8-19)15-27-12-6-9-20(14-27)24(25)29/h3-5,7-8,10-11,13,16,20H,6,9,12,14-15H2,1-2H3,(H2,25,29)/t20-/m0/s1. The largest absolute Gasteiger partial charge is 0.369 e. The van der Waals surface area contributed by atoms with Gasteiger partial charge in [0.25, 0.3) is 0 Å². The van der Waals surface area contributed by atoms with E-state index in [0.29, 0.717) is 0 Å². The molecule has 1 atom stereocenters. The lowest BCUT2D eigenvalue weighted by Crippen LogP contribution is -2.40. The topological polar surface area (TPSA) is 64.2 Å². The number of rotatable bonds is 5. The third kappa shape index (κ3) is 4.25. The van der Waals surface area contributed by atoms with Gasteiger partial charge in [-0.15, -0.1) is 0 Å². The van der Waals surface area contributed by atoms with Crippen LogP contribution in [0.5, 0.6) is 0 Å². The number of hydrogen-bond donors (Lipinski definition) is 1. The summed E-state index contributed by atoms with van der Waals surface area (Å²) < 4.78 is 2.00. The van der Waals surface area contributed by atoms with Gasteiger partial charge in [-0.3, -0.25) is 9.69 Å². The molecule has 4 rings (SSSR count). The molecule has 2 N–H and O–H groups in total. The zero-order valence-electron chi connectivity index (χ0n) is 17.1. The van der Waals surface area contributed by atoms with Gasteiger partial charge in [-0.05, 0) is 50.4 Å². The van der Waals surface area contributed by atoms with Crippen LogP contribution in [0.1, 0.15) is 29.5 Å². The lowest BCUT2D eigenvalue weighted by molar-refractivity contribution is -0.123. The quantitative estimate of drug-likeness (QED) is 0.722. The monoisotopic (exact) mass is 388 g/mol. The van der Waals surface area contributed by atoms with Crippen molar-refractivity contribution in [2.24, 2.45) is 11.7 Å². The van der Waals surface area contributed by atoms with Crippen LogP contribution in [0, 0.1) is 19.8 Å². The molecule has 0 spiro atoms. The summed E-state index contributed by atoms with van der Waals surface area (Å²) in [5.74, 6) is -0.248. The fourth-order valence-corrected chi connectivity index (χ4v) is 4.13. The van der Waals surface area contributed by atoms with Gasteiger partial charge in [0.05, 0.1) is 17.3 Å². The molecule has 2 aromatic carbocycles. The third-order valence-corrected chi connectivity index (χ3v) is 5.75. The van der Waals surface area contributed by atoms with Gasteiger partial charge in [-0.25, -0.2) is 4.68 Å². The van der Waals surface area contributed by atoms with Crippen LogP contribution in [0.4, 0.5) is 0 Å². The summed E-state index contributed by atoms with van der Waals surface area (Å²) in [6.07, 6.45) is 4.02. The number of primary amides is 1. The Morgan fingerprint density at radius 3 is 2.72 bits per heavy atom. The van der Waals surface area contributed by atoms with E-state index in [1.165, 1.54) is 16.7 Å². The normalized spacial score (nSPS) is 17.4. The number of piperidine rings is 1. The summed E-state index contributed by atoms with van der Waals surface area (Å²) in [5.41, 5.74) is 12.3. The lowest BCUT2D eigenvalue weighted by Gasteiger charge is -2.31. The van der Waals surface area contributed by atoms with Crippen LogP contribution in [0.2, 0.25) is 0 Å². The van der Waals surface area contributed by atoms with E-state index in [9.17, 15) is 4.79 Å². The van der Waals surface area contributed by atoms with Crippen molar-refractivity contribution in [3.05, 3.63) is 71.4 Å². The Hall–Kier alpha value is -2.92. The number of amides is 1. The molecule has 1 aliphatic heterocycles. The average molecular weight is 389 g/mol. The maximum Gasteiger partial charge on any atom is 0.221 e. The molecule has 2 heterocycles. The lowest BCUT2D eigenvalue weighted by atomic mass is 9.97. The van der Waals surface area contributed by atoms with Gasteiger partial charge in [-0.2, -0.15) is 5.10 Å². The van der Waals surface area contributed by atoms with E-state index in [1.807, 2.05) is 22.9 Å². The zero-order chi connectivity index (χ0) is 20.4. The molecule has 3 aromatic rings. The molecule has 0 bridgehead atoms. The number of benzene rings is 2. The number of aryl methyl sites for hydroxylation is 2. The van der Waals surface area contributed by atoms with E-state index in [1.54, 1.807) is 0 Å². The number of carbonyl (C=O) groups is 1. The smallest absolute Gasteiger partial charge is 0.221 e. The van der Waals surface area contributed by atoms with E-state index in [2.05, 4.69) is 55.3 Å². The predicted molar refractivity (Wildman–Crippen MR) is 116 cm³/mol. The van der Waals surface area contributed by atoms with Crippen molar-refractivity contribution in [3.8, 4) is 16.9 Å². The third-order valence-electron chi connectivity index (χ3n) is 5.75. The highest BCUT2D eigenvalue weighted by molar-refractivity contribution is 5.77. The van der Waals surface area contributed by atoms with Crippen molar-refractivity contribution < 1.29 is 4.79 Å². The van der Waals surface area contributed by atoms with Crippen molar-refractivity contribution >= 4 is 5.91 Å². The molecule has 1 saturated heterocycles. The molecule has 0 unspecified atom stereocenters. The molecule has 0 radical (unpaired) electrons. The summed E-state index contributed by atoms with van der Waals surface area (Å²) in [6, 6.07) is 16.7. The van der Waals surface area contributed by atoms with Crippen molar-refractivity contribution in [1.29, 1.82) is 0 Å². The van der Waals surface area contributed by atoms with Gasteiger partial charge in [0.1, 0.15) is 0 Å². The summed E-state index contributed by atoms with van der Waals surface area (Å²) in [5, 5.41) is 4.97. The Labute approximate surface area is 172 Å². The number of likely N-dealkylation sites (tertiary alicyclic amines) is 1. The van der Waals surface area contributed by atoms with Crippen LogP contribution in [0.3, 0.4) is 0 Å². The van der Waals surface area contributed by atoms with Crippen molar-refractivity contribution in [3.63, 3.8) is 0 Å². The Bertz CT molecular complexity index is 1010. The maximum absolute atomic E-state index is 11.7. The molecule has 1 fully saturated rings. The van der Waals surface area contributed by atoms with Gasteiger partial charge in [0.15, 0.2) is 0 Å². The number of nitrogens with two attached hydrogens (primary N) is 1. The first kappa shape index (κ1) is 19.4. The Balaban J connectivity index is 1.71. The molecular formula is C24H28N4O. The first-order valence-corrected chi connectivity index (χ1v) is 10.2. The second-order valence-corrected chi connectivity index (χ2v) is 8.08.